The number of nitrogens with two attached hydrogens (primary N) is 2. The molecule has 7 heteroatoms. The summed E-state index contributed by atoms with van der Waals surface area (Å²) in [5.74, 6) is 1.42. The third kappa shape index (κ3) is 2.82. The van der Waals surface area contributed by atoms with Gasteiger partial charge in [-0.1, -0.05) is 6.92 Å². The number of nitrogens with zero attached hydrogens (tertiary/aromatic N) is 3. The van der Waals surface area contributed by atoms with E-state index in [1.54, 1.807) is 0 Å². The van der Waals surface area contributed by atoms with Crippen LogP contribution in [0.3, 0.4) is 0 Å². The van der Waals surface area contributed by atoms with Crippen molar-refractivity contribution in [1.82, 2.24) is 9.97 Å². The Balaban J connectivity index is 2.40. The number of carbonyl (C=O) groups is 1. The maximum Gasteiger partial charge on any atom is 0.242 e. The summed E-state index contributed by atoms with van der Waals surface area (Å²) in [6.45, 7) is 5.29. The zero-order chi connectivity index (χ0) is 14.7. The van der Waals surface area contributed by atoms with Crippen LogP contribution in [0.25, 0.3) is 0 Å². The van der Waals surface area contributed by atoms with Gasteiger partial charge in [0.05, 0.1) is 13.2 Å². The summed E-state index contributed by atoms with van der Waals surface area (Å²) in [6, 6.07) is -0.508. The highest BCUT2D eigenvalue weighted by Gasteiger charge is 2.30. The lowest BCUT2D eigenvalue weighted by molar-refractivity contribution is -0.121. The van der Waals surface area contributed by atoms with E-state index in [-0.39, 0.29) is 6.61 Å². The second kappa shape index (κ2) is 6.04. The van der Waals surface area contributed by atoms with Gasteiger partial charge >= 0.3 is 0 Å². The fourth-order valence-electron chi connectivity index (χ4n) is 2.28. The number of hydrogen-bond acceptors (Lipinski definition) is 6. The van der Waals surface area contributed by atoms with Crippen LogP contribution in [0.4, 0.5) is 11.6 Å². The van der Waals surface area contributed by atoms with E-state index in [4.69, 9.17) is 16.2 Å². The first kappa shape index (κ1) is 14.5. The first-order valence-corrected chi connectivity index (χ1v) is 6.81. The molecule has 0 bridgehead atoms. The number of carbonyl (C=O) groups excluding carboxylic acids is 1. The van der Waals surface area contributed by atoms with E-state index in [1.807, 2.05) is 11.8 Å². The molecule has 1 fully saturated rings. The Morgan fingerprint density at radius 1 is 1.50 bits per heavy atom. The Morgan fingerprint density at radius 2 is 2.25 bits per heavy atom. The molecule has 20 heavy (non-hydrogen) atoms. The molecule has 1 aliphatic rings. The summed E-state index contributed by atoms with van der Waals surface area (Å²) in [7, 11) is 0. The van der Waals surface area contributed by atoms with E-state index in [2.05, 4.69) is 16.9 Å². The second-order valence-corrected chi connectivity index (χ2v) is 4.91. The number of aryl methyl sites for hydroxylation is 1. The number of primary amides is 1. The average Bonchev–Trinajstić information content (AvgIpc) is 2.43. The Morgan fingerprint density at radius 3 is 2.90 bits per heavy atom. The highest BCUT2D eigenvalue weighted by atomic mass is 16.5. The van der Waals surface area contributed by atoms with Gasteiger partial charge in [-0.3, -0.25) is 4.79 Å². The Labute approximate surface area is 118 Å². The van der Waals surface area contributed by atoms with Gasteiger partial charge < -0.3 is 21.1 Å². The van der Waals surface area contributed by atoms with Crippen LogP contribution in [0.1, 0.15) is 24.7 Å². The number of amides is 1. The van der Waals surface area contributed by atoms with Gasteiger partial charge in [0.15, 0.2) is 0 Å². The molecule has 0 spiro atoms. The van der Waals surface area contributed by atoms with E-state index in [9.17, 15) is 4.79 Å². The van der Waals surface area contributed by atoms with Gasteiger partial charge in [0, 0.05) is 18.5 Å². The van der Waals surface area contributed by atoms with E-state index in [0.717, 1.165) is 18.4 Å². The van der Waals surface area contributed by atoms with Crippen LogP contribution in [0.5, 0.6) is 0 Å². The van der Waals surface area contributed by atoms with Gasteiger partial charge in [0.25, 0.3) is 0 Å². The molecule has 2 heterocycles. The lowest BCUT2D eigenvalue weighted by atomic mass is 10.1. The fourth-order valence-corrected chi connectivity index (χ4v) is 2.28. The maximum absolute atomic E-state index is 11.6. The second-order valence-electron chi connectivity index (χ2n) is 4.91. The van der Waals surface area contributed by atoms with E-state index in [1.165, 1.54) is 0 Å². The summed E-state index contributed by atoms with van der Waals surface area (Å²) < 4.78 is 5.33. The average molecular weight is 279 g/mol. The number of nitrogen functional groups attached to an aromatic ring is 1. The predicted octanol–water partition coefficient (Wildman–Crippen LogP) is 0.0102. The van der Waals surface area contributed by atoms with Gasteiger partial charge in [-0.25, -0.2) is 9.97 Å². The smallest absolute Gasteiger partial charge is 0.242 e. The first-order chi connectivity index (χ1) is 9.54. The third-order valence-electron chi connectivity index (χ3n) is 3.41. The molecule has 1 unspecified atom stereocenters. The van der Waals surface area contributed by atoms with Crippen LogP contribution < -0.4 is 16.4 Å². The van der Waals surface area contributed by atoms with Crippen molar-refractivity contribution in [2.24, 2.45) is 5.73 Å². The van der Waals surface area contributed by atoms with Crippen LogP contribution >= 0.6 is 0 Å². The van der Waals surface area contributed by atoms with Gasteiger partial charge in [-0.2, -0.15) is 0 Å². The molecule has 1 aliphatic heterocycles. The molecule has 1 aromatic rings. The third-order valence-corrected chi connectivity index (χ3v) is 3.41. The normalized spacial score (nSPS) is 19.1. The van der Waals surface area contributed by atoms with Crippen molar-refractivity contribution in [2.75, 3.05) is 30.4 Å². The number of rotatable bonds is 4. The Kier molecular flexibility index (Phi) is 4.39. The monoisotopic (exact) mass is 279 g/mol. The lowest BCUT2D eigenvalue weighted by Gasteiger charge is -2.35. The van der Waals surface area contributed by atoms with Crippen LogP contribution in [0, 0.1) is 6.92 Å². The van der Waals surface area contributed by atoms with Crippen molar-refractivity contribution in [3.05, 3.63) is 11.4 Å². The van der Waals surface area contributed by atoms with Gasteiger partial charge in [0.2, 0.25) is 5.91 Å². The summed E-state index contributed by atoms with van der Waals surface area (Å²) in [5, 5.41) is 0. The summed E-state index contributed by atoms with van der Waals surface area (Å²) in [6.07, 6.45) is 1.69. The van der Waals surface area contributed by atoms with Crippen molar-refractivity contribution in [3.8, 4) is 0 Å². The van der Waals surface area contributed by atoms with Crippen molar-refractivity contribution in [3.63, 3.8) is 0 Å². The number of aromatic nitrogens is 2. The standard InChI is InChI=1S/C13H21N5O2/c1-3-4-10-16-11(14)8(2)13(17-10)18-5-6-20-7-9(18)12(15)19/h9H,3-7H2,1-2H3,(H2,15,19)(H2,14,16,17). The molecule has 4 N–H and O–H groups in total. The molecule has 1 saturated heterocycles. The Hall–Kier alpha value is -1.89. The molecular weight excluding hydrogens is 258 g/mol. The Bertz CT molecular complexity index is 506. The zero-order valence-electron chi connectivity index (χ0n) is 11.9. The minimum Gasteiger partial charge on any atom is -0.383 e. The van der Waals surface area contributed by atoms with E-state index in [0.29, 0.717) is 30.6 Å². The molecule has 110 valence electrons. The lowest BCUT2D eigenvalue weighted by Crippen LogP contribution is -2.53. The highest BCUT2D eigenvalue weighted by Crippen LogP contribution is 2.25. The molecule has 1 atom stereocenters. The molecular formula is C13H21N5O2. The van der Waals surface area contributed by atoms with Crippen molar-refractivity contribution >= 4 is 17.5 Å². The minimum atomic E-state index is -0.508. The van der Waals surface area contributed by atoms with Crippen LogP contribution in [0.2, 0.25) is 0 Å². The number of ether oxygens (including phenoxy) is 1. The fraction of sp³-hybridized carbons (Fsp3) is 0.615. The molecule has 0 radical (unpaired) electrons. The molecule has 2 rings (SSSR count). The van der Waals surface area contributed by atoms with Crippen molar-refractivity contribution < 1.29 is 9.53 Å². The highest BCUT2D eigenvalue weighted by molar-refractivity contribution is 5.84. The molecule has 7 nitrogen and oxygen atoms in total. The summed E-state index contributed by atoms with van der Waals surface area (Å²) in [5.41, 5.74) is 12.2. The van der Waals surface area contributed by atoms with Gasteiger partial charge in [0.1, 0.15) is 23.5 Å². The molecule has 0 aliphatic carbocycles. The van der Waals surface area contributed by atoms with Crippen molar-refractivity contribution in [2.45, 2.75) is 32.7 Å². The quantitative estimate of drug-likeness (QED) is 0.804. The predicted molar refractivity (Wildman–Crippen MR) is 76.3 cm³/mol. The zero-order valence-corrected chi connectivity index (χ0v) is 11.9. The molecule has 0 saturated carbocycles. The van der Waals surface area contributed by atoms with Crippen molar-refractivity contribution in [1.29, 1.82) is 0 Å². The summed E-state index contributed by atoms with van der Waals surface area (Å²) >= 11 is 0. The molecule has 1 amide bonds. The maximum atomic E-state index is 11.6. The van der Waals surface area contributed by atoms with Gasteiger partial charge in [-0.15, -0.1) is 0 Å². The van der Waals surface area contributed by atoms with Crippen LogP contribution in [-0.4, -0.2) is 41.7 Å². The first-order valence-electron chi connectivity index (χ1n) is 6.81. The SMILES string of the molecule is CCCc1nc(N)c(C)c(N2CCOCC2C(N)=O)n1. The largest absolute Gasteiger partial charge is 0.383 e. The number of hydrogen-bond donors (Lipinski definition) is 2. The number of morpholine rings is 1. The minimum absolute atomic E-state index is 0.280. The molecule has 1 aromatic heterocycles. The topological polar surface area (TPSA) is 107 Å². The van der Waals surface area contributed by atoms with E-state index < -0.39 is 11.9 Å². The van der Waals surface area contributed by atoms with E-state index >= 15 is 0 Å². The van der Waals surface area contributed by atoms with Crippen LogP contribution in [0.15, 0.2) is 0 Å². The molecule has 0 aromatic carbocycles. The summed E-state index contributed by atoms with van der Waals surface area (Å²) in [4.78, 5) is 22.3. The van der Waals surface area contributed by atoms with Gasteiger partial charge in [-0.05, 0) is 13.3 Å². The van der Waals surface area contributed by atoms with Crippen LogP contribution in [-0.2, 0) is 16.0 Å². The number of anilines is 2.